The van der Waals surface area contributed by atoms with E-state index in [4.69, 9.17) is 0 Å². The van der Waals surface area contributed by atoms with E-state index in [1.54, 1.807) is 15.7 Å². The van der Waals surface area contributed by atoms with Crippen molar-refractivity contribution >= 4 is 10.2 Å². The van der Waals surface area contributed by atoms with E-state index < -0.39 is 10.2 Å². The monoisotopic (exact) mass is 247 g/mol. The molecule has 0 bridgehead atoms. The van der Waals surface area contributed by atoms with Crippen LogP contribution in [-0.4, -0.2) is 68.2 Å². The van der Waals surface area contributed by atoms with Crippen LogP contribution >= 0.6 is 0 Å². The number of likely N-dealkylation sites (tertiary alicyclic amines) is 1. The minimum Gasteiger partial charge on any atom is -0.303 e. The van der Waals surface area contributed by atoms with Crippen molar-refractivity contribution in [2.75, 3.05) is 40.3 Å². The highest BCUT2D eigenvalue weighted by atomic mass is 32.2. The van der Waals surface area contributed by atoms with Crippen molar-refractivity contribution in [2.45, 2.75) is 25.3 Å². The number of rotatable bonds is 3. The van der Waals surface area contributed by atoms with E-state index in [1.165, 1.54) is 0 Å². The Balaban J connectivity index is 2.00. The second-order valence-corrected chi connectivity index (χ2v) is 6.85. The molecule has 2 fully saturated rings. The number of nitrogens with zero attached hydrogens (tertiary/aromatic N) is 3. The van der Waals surface area contributed by atoms with Gasteiger partial charge in [-0.2, -0.15) is 17.0 Å². The van der Waals surface area contributed by atoms with Gasteiger partial charge in [-0.25, -0.2) is 0 Å². The SMILES string of the molecule is CN1CC(N(C)S(=O)(=O)N2CCCCC2)C1. The van der Waals surface area contributed by atoms with E-state index in [-0.39, 0.29) is 6.04 Å². The maximum atomic E-state index is 12.3. The van der Waals surface area contributed by atoms with Crippen molar-refractivity contribution < 1.29 is 8.42 Å². The van der Waals surface area contributed by atoms with Gasteiger partial charge in [0.05, 0.1) is 6.04 Å². The van der Waals surface area contributed by atoms with Gasteiger partial charge in [-0.3, -0.25) is 0 Å². The van der Waals surface area contributed by atoms with E-state index in [1.807, 2.05) is 7.05 Å². The largest absolute Gasteiger partial charge is 0.303 e. The maximum absolute atomic E-state index is 12.3. The molecule has 2 heterocycles. The van der Waals surface area contributed by atoms with Gasteiger partial charge in [-0.05, 0) is 19.9 Å². The summed E-state index contributed by atoms with van der Waals surface area (Å²) in [5, 5.41) is 0. The van der Waals surface area contributed by atoms with Crippen LogP contribution in [0.15, 0.2) is 0 Å². The van der Waals surface area contributed by atoms with Crippen molar-refractivity contribution in [3.05, 3.63) is 0 Å². The molecule has 0 aromatic carbocycles. The third-order valence-electron chi connectivity index (χ3n) is 3.56. The number of piperidine rings is 1. The van der Waals surface area contributed by atoms with Crippen LogP contribution in [0.1, 0.15) is 19.3 Å². The molecular formula is C10H21N3O2S. The Morgan fingerprint density at radius 1 is 1.12 bits per heavy atom. The van der Waals surface area contributed by atoms with Gasteiger partial charge >= 0.3 is 0 Å². The first-order valence-electron chi connectivity index (χ1n) is 5.93. The lowest BCUT2D eigenvalue weighted by Crippen LogP contribution is -2.60. The molecule has 0 aliphatic carbocycles. The van der Waals surface area contributed by atoms with Gasteiger partial charge in [0.15, 0.2) is 0 Å². The summed E-state index contributed by atoms with van der Waals surface area (Å²) in [6.07, 6.45) is 3.15. The van der Waals surface area contributed by atoms with Gasteiger partial charge in [0.2, 0.25) is 0 Å². The Hall–Kier alpha value is -0.170. The van der Waals surface area contributed by atoms with Crippen molar-refractivity contribution in [3.8, 4) is 0 Å². The molecular weight excluding hydrogens is 226 g/mol. The molecule has 0 aromatic heterocycles. The second-order valence-electron chi connectivity index (χ2n) is 4.86. The molecule has 94 valence electrons. The van der Waals surface area contributed by atoms with Crippen LogP contribution in [0, 0.1) is 0 Å². The molecule has 2 aliphatic heterocycles. The summed E-state index contributed by atoms with van der Waals surface area (Å²) < 4.78 is 27.7. The highest BCUT2D eigenvalue weighted by Gasteiger charge is 2.37. The molecule has 0 saturated carbocycles. The van der Waals surface area contributed by atoms with Crippen LogP contribution in [0.3, 0.4) is 0 Å². The Bertz CT molecular complexity index is 332. The number of hydrogen-bond acceptors (Lipinski definition) is 3. The number of likely N-dealkylation sites (N-methyl/N-ethyl adjacent to an activating group) is 2. The smallest absolute Gasteiger partial charge is 0.282 e. The predicted octanol–water partition coefficient (Wildman–Crippen LogP) is -0.0371. The zero-order valence-corrected chi connectivity index (χ0v) is 10.9. The topological polar surface area (TPSA) is 43.9 Å². The van der Waals surface area contributed by atoms with Crippen LogP contribution in [-0.2, 0) is 10.2 Å². The molecule has 0 amide bonds. The molecule has 2 rings (SSSR count). The predicted molar refractivity (Wildman–Crippen MR) is 63.4 cm³/mol. The standard InChI is InChI=1S/C10H21N3O2S/c1-11-8-10(9-11)12(2)16(14,15)13-6-4-3-5-7-13/h10H,3-9H2,1-2H3. The van der Waals surface area contributed by atoms with Gasteiger partial charge in [0.1, 0.15) is 0 Å². The lowest BCUT2D eigenvalue weighted by molar-refractivity contribution is 0.113. The summed E-state index contributed by atoms with van der Waals surface area (Å²) in [6.45, 7) is 3.08. The quantitative estimate of drug-likeness (QED) is 0.703. The lowest BCUT2D eigenvalue weighted by atomic mass is 10.1. The van der Waals surface area contributed by atoms with Gasteiger partial charge in [0, 0.05) is 33.2 Å². The second kappa shape index (κ2) is 4.60. The molecule has 16 heavy (non-hydrogen) atoms. The van der Waals surface area contributed by atoms with E-state index in [0.29, 0.717) is 13.1 Å². The molecule has 6 heteroatoms. The highest BCUT2D eigenvalue weighted by Crippen LogP contribution is 2.20. The lowest BCUT2D eigenvalue weighted by Gasteiger charge is -2.43. The van der Waals surface area contributed by atoms with E-state index in [2.05, 4.69) is 4.90 Å². The summed E-state index contributed by atoms with van der Waals surface area (Å²) in [4.78, 5) is 2.13. The first kappa shape index (κ1) is 12.3. The third-order valence-corrected chi connectivity index (χ3v) is 5.61. The molecule has 0 N–H and O–H groups in total. The van der Waals surface area contributed by atoms with E-state index >= 15 is 0 Å². The van der Waals surface area contributed by atoms with E-state index in [0.717, 1.165) is 32.4 Å². The van der Waals surface area contributed by atoms with Crippen molar-refractivity contribution in [2.24, 2.45) is 0 Å². The van der Waals surface area contributed by atoms with Gasteiger partial charge in [-0.15, -0.1) is 0 Å². The minimum atomic E-state index is -3.21. The van der Waals surface area contributed by atoms with Gasteiger partial charge in [-0.1, -0.05) is 6.42 Å². The average molecular weight is 247 g/mol. The highest BCUT2D eigenvalue weighted by molar-refractivity contribution is 7.86. The molecule has 5 nitrogen and oxygen atoms in total. The Kier molecular flexibility index (Phi) is 3.53. The first-order valence-corrected chi connectivity index (χ1v) is 7.33. The van der Waals surface area contributed by atoms with Gasteiger partial charge < -0.3 is 4.90 Å². The van der Waals surface area contributed by atoms with Gasteiger partial charge in [0.25, 0.3) is 10.2 Å². The normalized spacial score (nSPS) is 25.9. The minimum absolute atomic E-state index is 0.164. The molecule has 2 saturated heterocycles. The fourth-order valence-electron chi connectivity index (χ4n) is 2.36. The van der Waals surface area contributed by atoms with Crippen LogP contribution in [0.5, 0.6) is 0 Å². The number of hydrogen-bond donors (Lipinski definition) is 0. The summed E-state index contributed by atoms with van der Waals surface area (Å²) in [7, 11) is 0.516. The fourth-order valence-corrected chi connectivity index (χ4v) is 3.96. The average Bonchev–Trinajstić information content (AvgIpc) is 2.25. The summed E-state index contributed by atoms with van der Waals surface area (Å²) >= 11 is 0. The first-order chi connectivity index (χ1) is 7.51. The zero-order chi connectivity index (χ0) is 11.8. The van der Waals surface area contributed by atoms with Crippen LogP contribution in [0.2, 0.25) is 0 Å². The molecule has 0 unspecified atom stereocenters. The molecule has 0 spiro atoms. The summed E-state index contributed by atoms with van der Waals surface area (Å²) in [5.74, 6) is 0. The van der Waals surface area contributed by atoms with Crippen molar-refractivity contribution in [1.82, 2.24) is 13.5 Å². The summed E-state index contributed by atoms with van der Waals surface area (Å²) in [5.41, 5.74) is 0. The molecule has 0 atom stereocenters. The third kappa shape index (κ3) is 2.25. The van der Waals surface area contributed by atoms with Crippen LogP contribution in [0.25, 0.3) is 0 Å². The van der Waals surface area contributed by atoms with Crippen LogP contribution < -0.4 is 0 Å². The Morgan fingerprint density at radius 3 is 2.19 bits per heavy atom. The maximum Gasteiger partial charge on any atom is 0.282 e. The van der Waals surface area contributed by atoms with E-state index in [9.17, 15) is 8.42 Å². The zero-order valence-electron chi connectivity index (χ0n) is 10.1. The fraction of sp³-hybridized carbons (Fsp3) is 1.00. The molecule has 2 aliphatic rings. The van der Waals surface area contributed by atoms with Crippen molar-refractivity contribution in [3.63, 3.8) is 0 Å². The Labute approximate surface area is 98.2 Å². The molecule has 0 aromatic rings. The van der Waals surface area contributed by atoms with Crippen LogP contribution in [0.4, 0.5) is 0 Å². The molecule has 0 radical (unpaired) electrons. The Morgan fingerprint density at radius 2 is 1.69 bits per heavy atom. The van der Waals surface area contributed by atoms with Crippen molar-refractivity contribution in [1.29, 1.82) is 0 Å². The summed E-state index contributed by atoms with van der Waals surface area (Å²) in [6, 6.07) is 0.164.